The molecule has 0 aliphatic heterocycles. The number of nitrogens with one attached hydrogen (secondary N) is 1. The van der Waals surface area contributed by atoms with Crippen molar-refractivity contribution in [2.24, 2.45) is 23.7 Å². The van der Waals surface area contributed by atoms with Crippen LogP contribution in [0.4, 0.5) is 0 Å². The van der Waals surface area contributed by atoms with E-state index in [9.17, 15) is 24.6 Å². The summed E-state index contributed by atoms with van der Waals surface area (Å²) < 4.78 is 0. The number of aromatic nitrogens is 1. The Morgan fingerprint density at radius 2 is 1.62 bits per heavy atom. The molecular weight excluding hydrogens is 628 g/mol. The zero-order valence-corrected chi connectivity index (χ0v) is 30.4. The Bertz CT molecular complexity index is 1140. The molecule has 9 nitrogen and oxygen atoms in total. The summed E-state index contributed by atoms with van der Waals surface area (Å²) in [5.41, 5.74) is 0.895. The SMILES string of the molecule is C=C(Cl)C[C@H](CC(=O)N(CC(=O)N(C)CCc1ccccn1)CC1CCCCC1)C(=O)N[C@@H](CC1CCCCC1)[C@@H](O)[C@@H](O)CC(C)C. The van der Waals surface area contributed by atoms with E-state index in [1.165, 1.54) is 12.8 Å². The first-order valence-electron chi connectivity index (χ1n) is 18.3. The number of pyridine rings is 1. The molecule has 0 spiro atoms. The maximum Gasteiger partial charge on any atom is 0.241 e. The summed E-state index contributed by atoms with van der Waals surface area (Å²) >= 11 is 6.25. The summed E-state index contributed by atoms with van der Waals surface area (Å²) in [6.45, 7) is 8.68. The Morgan fingerprint density at radius 3 is 2.21 bits per heavy atom. The molecule has 0 radical (unpaired) electrons. The Kier molecular flexibility index (Phi) is 17.4. The predicted molar refractivity (Wildman–Crippen MR) is 191 cm³/mol. The molecule has 3 rings (SSSR count). The zero-order valence-electron chi connectivity index (χ0n) is 29.6. The summed E-state index contributed by atoms with van der Waals surface area (Å²) in [6.07, 6.45) is 12.1. The molecule has 270 valence electrons. The van der Waals surface area contributed by atoms with E-state index < -0.39 is 30.1 Å². The van der Waals surface area contributed by atoms with Gasteiger partial charge in [-0.05, 0) is 62.0 Å². The number of likely N-dealkylation sites (N-methyl/N-ethyl adjacent to an activating group) is 1. The molecule has 1 heterocycles. The largest absolute Gasteiger partial charge is 0.390 e. The van der Waals surface area contributed by atoms with Gasteiger partial charge < -0.3 is 25.3 Å². The smallest absolute Gasteiger partial charge is 0.241 e. The fourth-order valence-electron chi connectivity index (χ4n) is 7.29. The fraction of sp³-hybridized carbons (Fsp3) is 0.737. The zero-order chi connectivity index (χ0) is 35.1. The first-order valence-corrected chi connectivity index (χ1v) is 18.7. The first kappa shape index (κ1) is 39.9. The van der Waals surface area contributed by atoms with Crippen LogP contribution in [0.1, 0.15) is 109 Å². The van der Waals surface area contributed by atoms with Gasteiger partial charge in [0.1, 0.15) is 6.10 Å². The number of aliphatic hydroxyl groups is 2. The van der Waals surface area contributed by atoms with Gasteiger partial charge in [0.2, 0.25) is 17.7 Å². The standard InChI is InChI=1S/C38H61ClN4O5/c1-27(2)21-34(44)37(47)33(23-29-13-7-5-8-14-29)41-38(48)31(22-28(3)39)24-35(45)43(25-30-15-9-6-10-16-30)26-36(46)42(4)20-18-32-17-11-12-19-40-32/h11-12,17,19,27,29-31,33-34,37,44,47H,3,5-10,13-16,18,20-26H2,1-2,4H3,(H,41,48)/t31-,33+,34+,37-/m1/s1. The Hall–Kier alpha value is -2.49. The number of hydrogen-bond donors (Lipinski definition) is 3. The number of nitrogens with zero attached hydrogens (tertiary/aromatic N) is 3. The Labute approximate surface area is 293 Å². The minimum atomic E-state index is -1.13. The fourth-order valence-corrected chi connectivity index (χ4v) is 7.48. The van der Waals surface area contributed by atoms with Crippen LogP contribution in [0.25, 0.3) is 0 Å². The van der Waals surface area contributed by atoms with Gasteiger partial charge >= 0.3 is 0 Å². The van der Waals surface area contributed by atoms with Crippen LogP contribution in [0.2, 0.25) is 0 Å². The highest BCUT2D eigenvalue weighted by Gasteiger charge is 2.34. The number of rotatable bonds is 19. The van der Waals surface area contributed by atoms with Crippen molar-refractivity contribution < 1.29 is 24.6 Å². The molecule has 10 heteroatoms. The molecule has 2 aliphatic rings. The van der Waals surface area contributed by atoms with Gasteiger partial charge in [-0.25, -0.2) is 0 Å². The summed E-state index contributed by atoms with van der Waals surface area (Å²) in [6, 6.07) is 5.05. The van der Waals surface area contributed by atoms with Crippen molar-refractivity contribution in [3.05, 3.63) is 41.7 Å². The second-order valence-electron chi connectivity index (χ2n) is 14.8. The average molecular weight is 689 g/mol. The normalized spacial score (nSPS) is 18.5. The van der Waals surface area contributed by atoms with Gasteiger partial charge in [-0.2, -0.15) is 0 Å². The van der Waals surface area contributed by atoms with Crippen molar-refractivity contribution in [1.82, 2.24) is 20.1 Å². The number of carbonyl (C=O) groups excluding carboxylic acids is 3. The lowest BCUT2D eigenvalue weighted by Gasteiger charge is -2.34. The van der Waals surface area contributed by atoms with E-state index in [4.69, 9.17) is 11.6 Å². The molecule has 2 aliphatic carbocycles. The molecule has 0 saturated heterocycles. The number of halogens is 1. The Balaban J connectivity index is 1.74. The summed E-state index contributed by atoms with van der Waals surface area (Å²) in [7, 11) is 1.74. The van der Waals surface area contributed by atoms with Crippen molar-refractivity contribution in [2.45, 2.75) is 128 Å². The van der Waals surface area contributed by atoms with E-state index in [2.05, 4.69) is 16.9 Å². The predicted octanol–water partition coefficient (Wildman–Crippen LogP) is 5.86. The van der Waals surface area contributed by atoms with Gasteiger partial charge in [0.25, 0.3) is 0 Å². The molecule has 0 unspecified atom stereocenters. The number of hydrogen-bond acceptors (Lipinski definition) is 6. The third kappa shape index (κ3) is 14.2. The second-order valence-corrected chi connectivity index (χ2v) is 15.4. The van der Waals surface area contributed by atoms with Gasteiger partial charge in [-0.3, -0.25) is 19.4 Å². The molecule has 4 atom stereocenters. The van der Waals surface area contributed by atoms with Gasteiger partial charge in [0.05, 0.1) is 24.6 Å². The third-order valence-corrected chi connectivity index (χ3v) is 10.3. The van der Waals surface area contributed by atoms with Crippen LogP contribution < -0.4 is 5.32 Å². The lowest BCUT2D eigenvalue weighted by molar-refractivity contribution is -0.142. The van der Waals surface area contributed by atoms with Crippen LogP contribution in [0.5, 0.6) is 0 Å². The molecule has 1 aromatic rings. The molecule has 3 N–H and O–H groups in total. The molecule has 2 fully saturated rings. The van der Waals surface area contributed by atoms with Gasteiger partial charge in [0, 0.05) is 49.9 Å². The van der Waals surface area contributed by atoms with E-state index in [1.807, 2.05) is 32.0 Å². The number of allylic oxidation sites excluding steroid dienone is 1. The maximum absolute atomic E-state index is 14.0. The topological polar surface area (TPSA) is 123 Å². The van der Waals surface area contributed by atoms with Crippen LogP contribution in [0.3, 0.4) is 0 Å². The van der Waals surface area contributed by atoms with E-state index in [0.29, 0.717) is 44.2 Å². The lowest BCUT2D eigenvalue weighted by atomic mass is 9.82. The van der Waals surface area contributed by atoms with Crippen LogP contribution in [0.15, 0.2) is 36.0 Å². The van der Waals surface area contributed by atoms with Crippen molar-refractivity contribution in [3.63, 3.8) is 0 Å². The van der Waals surface area contributed by atoms with Crippen LogP contribution in [-0.4, -0.2) is 87.7 Å². The molecule has 3 amide bonds. The summed E-state index contributed by atoms with van der Waals surface area (Å²) in [5.74, 6) is -0.809. The van der Waals surface area contributed by atoms with E-state index in [1.54, 1.807) is 23.0 Å². The molecule has 0 aromatic carbocycles. The minimum Gasteiger partial charge on any atom is -0.390 e. The van der Waals surface area contributed by atoms with E-state index in [-0.39, 0.29) is 42.2 Å². The second kappa shape index (κ2) is 20.9. The van der Waals surface area contributed by atoms with Gasteiger partial charge in [0.15, 0.2) is 0 Å². The van der Waals surface area contributed by atoms with Crippen molar-refractivity contribution in [1.29, 1.82) is 0 Å². The first-order chi connectivity index (χ1) is 22.9. The highest BCUT2D eigenvalue weighted by Crippen LogP contribution is 2.30. The molecular formula is C38H61ClN4O5. The highest BCUT2D eigenvalue weighted by molar-refractivity contribution is 6.29. The third-order valence-electron chi connectivity index (χ3n) is 10.2. The monoisotopic (exact) mass is 688 g/mol. The number of aliphatic hydroxyl groups excluding tert-OH is 2. The van der Waals surface area contributed by atoms with E-state index in [0.717, 1.165) is 57.1 Å². The van der Waals surface area contributed by atoms with Gasteiger partial charge in [-0.1, -0.05) is 89.5 Å². The molecule has 48 heavy (non-hydrogen) atoms. The maximum atomic E-state index is 14.0. The van der Waals surface area contributed by atoms with Crippen molar-refractivity contribution >= 4 is 29.3 Å². The average Bonchev–Trinajstić information content (AvgIpc) is 3.06. The minimum absolute atomic E-state index is 0.0609. The van der Waals surface area contributed by atoms with Crippen molar-refractivity contribution in [3.8, 4) is 0 Å². The molecule has 2 saturated carbocycles. The molecule has 0 bridgehead atoms. The van der Waals surface area contributed by atoms with Crippen LogP contribution in [-0.2, 0) is 20.8 Å². The molecule has 1 aromatic heterocycles. The quantitative estimate of drug-likeness (QED) is 0.167. The highest BCUT2D eigenvalue weighted by atomic mass is 35.5. The van der Waals surface area contributed by atoms with Crippen LogP contribution >= 0.6 is 11.6 Å². The van der Waals surface area contributed by atoms with Crippen molar-refractivity contribution in [2.75, 3.05) is 26.7 Å². The number of amides is 3. The van der Waals surface area contributed by atoms with Crippen LogP contribution in [0, 0.1) is 23.7 Å². The van der Waals surface area contributed by atoms with Gasteiger partial charge in [-0.15, -0.1) is 0 Å². The lowest BCUT2D eigenvalue weighted by Crippen LogP contribution is -2.52. The Morgan fingerprint density at radius 1 is 0.979 bits per heavy atom. The number of carbonyl (C=O) groups is 3. The van der Waals surface area contributed by atoms with E-state index >= 15 is 0 Å². The summed E-state index contributed by atoms with van der Waals surface area (Å²) in [4.78, 5) is 49.0. The summed E-state index contributed by atoms with van der Waals surface area (Å²) in [5, 5.41) is 25.4.